The van der Waals surface area contributed by atoms with Crippen LogP contribution < -0.4 is 4.74 Å². The molecule has 1 aromatic heterocycles. The fourth-order valence-corrected chi connectivity index (χ4v) is 5.38. The van der Waals surface area contributed by atoms with Crippen LogP contribution in [-0.2, 0) is 13.1 Å². The summed E-state index contributed by atoms with van der Waals surface area (Å²) in [5, 5.41) is 19.4. The number of fused-ring (bicyclic) bond motifs is 1. The molecule has 0 saturated carbocycles. The van der Waals surface area contributed by atoms with Crippen molar-refractivity contribution in [1.29, 1.82) is 0 Å². The highest BCUT2D eigenvalue weighted by atomic mass is 19.3. The van der Waals surface area contributed by atoms with Crippen LogP contribution in [0.25, 0.3) is 10.9 Å². The van der Waals surface area contributed by atoms with Gasteiger partial charge in [0.25, 0.3) is 0 Å². The molecule has 0 amide bonds. The smallest absolute Gasteiger partial charge is 0.394 e. The number of benzene rings is 2. The average Bonchev–Trinajstić information content (AvgIpc) is 3.16. The van der Waals surface area contributed by atoms with Gasteiger partial charge in [0.15, 0.2) is 6.29 Å². The molecule has 1 aliphatic heterocycles. The maximum Gasteiger partial charge on any atom is 0.394 e. The van der Waals surface area contributed by atoms with Gasteiger partial charge in [-0.15, -0.1) is 0 Å². The number of hydrogen-bond donors (Lipinski definition) is 2. The quantitative estimate of drug-likeness (QED) is 0.412. The second-order valence-electron chi connectivity index (χ2n) is 10.1. The third-order valence-corrected chi connectivity index (χ3v) is 7.24. The summed E-state index contributed by atoms with van der Waals surface area (Å²) in [7, 11) is 0. The number of aliphatic hydroxyl groups is 2. The third kappa shape index (κ3) is 6.21. The lowest BCUT2D eigenvalue weighted by Gasteiger charge is -2.33. The number of aliphatic hydroxyl groups excluding tert-OH is 1. The van der Waals surface area contributed by atoms with Crippen molar-refractivity contribution in [2.75, 3.05) is 13.1 Å². The van der Waals surface area contributed by atoms with Crippen LogP contribution in [0, 0.1) is 26.7 Å². The summed E-state index contributed by atoms with van der Waals surface area (Å²) in [6.45, 7) is 10.5. The van der Waals surface area contributed by atoms with E-state index in [0.717, 1.165) is 55.9 Å². The van der Waals surface area contributed by atoms with E-state index in [4.69, 9.17) is 4.74 Å². The second kappa shape index (κ2) is 10.2. The Labute approximate surface area is 205 Å². The zero-order valence-electron chi connectivity index (χ0n) is 21.0. The largest absolute Gasteiger partial charge is 0.433 e. The average molecular weight is 487 g/mol. The molecular weight excluding hydrogens is 450 g/mol. The first-order valence-electron chi connectivity index (χ1n) is 12.3. The van der Waals surface area contributed by atoms with Gasteiger partial charge < -0.3 is 19.5 Å². The number of ether oxygens (including phenoxy) is 1. The van der Waals surface area contributed by atoms with Crippen molar-refractivity contribution < 1.29 is 23.7 Å². The lowest BCUT2D eigenvalue weighted by atomic mass is 9.92. The van der Waals surface area contributed by atoms with Gasteiger partial charge in [0.2, 0.25) is 0 Å². The number of hydrogen-bond acceptors (Lipinski definition) is 4. The molecule has 190 valence electrons. The van der Waals surface area contributed by atoms with Crippen LogP contribution in [0.15, 0.2) is 36.5 Å². The van der Waals surface area contributed by atoms with Gasteiger partial charge in [-0.05, 0) is 98.6 Å². The van der Waals surface area contributed by atoms with E-state index >= 15 is 0 Å². The minimum absolute atomic E-state index is 0.173. The maximum absolute atomic E-state index is 13.3. The lowest BCUT2D eigenvalue weighted by Crippen LogP contribution is -2.34. The molecule has 2 aromatic carbocycles. The minimum Gasteiger partial charge on any atom is -0.433 e. The van der Waals surface area contributed by atoms with Crippen LogP contribution in [0.3, 0.4) is 0 Å². The summed E-state index contributed by atoms with van der Waals surface area (Å²) in [5.74, 6) is 0.549. The van der Waals surface area contributed by atoms with Crippen LogP contribution in [0.1, 0.15) is 54.0 Å². The number of likely N-dealkylation sites (tertiary alicyclic amines) is 1. The third-order valence-electron chi connectivity index (χ3n) is 7.24. The first kappa shape index (κ1) is 25.6. The first-order chi connectivity index (χ1) is 16.5. The van der Waals surface area contributed by atoms with Crippen molar-refractivity contribution in [3.05, 3.63) is 64.3 Å². The van der Waals surface area contributed by atoms with Gasteiger partial charge in [-0.3, -0.25) is 4.90 Å². The van der Waals surface area contributed by atoms with Crippen LogP contribution in [-0.4, -0.2) is 45.2 Å². The van der Waals surface area contributed by atoms with E-state index < -0.39 is 12.4 Å². The van der Waals surface area contributed by atoms with Crippen LogP contribution in [0.5, 0.6) is 5.75 Å². The molecule has 0 atom stereocenters. The SMILES string of the molecule is Cc1ccc(CN2CCC(CC(O)O)CC2)c(C)c1Cn1ccc2cc(OC(C)(F)F)cc(C)c21. The Morgan fingerprint density at radius 2 is 1.74 bits per heavy atom. The van der Waals surface area contributed by atoms with E-state index in [9.17, 15) is 19.0 Å². The molecule has 1 aliphatic rings. The molecule has 2 heterocycles. The van der Waals surface area contributed by atoms with E-state index in [1.54, 1.807) is 12.1 Å². The van der Waals surface area contributed by atoms with Crippen molar-refractivity contribution in [2.45, 2.75) is 72.4 Å². The van der Waals surface area contributed by atoms with Gasteiger partial charge in [0.05, 0.1) is 5.52 Å². The number of alkyl halides is 2. The minimum atomic E-state index is -3.22. The van der Waals surface area contributed by atoms with Gasteiger partial charge in [-0.1, -0.05) is 12.1 Å². The second-order valence-corrected chi connectivity index (χ2v) is 10.1. The maximum atomic E-state index is 13.3. The number of piperidine rings is 1. The highest BCUT2D eigenvalue weighted by Crippen LogP contribution is 2.31. The summed E-state index contributed by atoms with van der Waals surface area (Å²) < 4.78 is 33.7. The number of halogens is 2. The first-order valence-corrected chi connectivity index (χ1v) is 12.3. The van der Waals surface area contributed by atoms with Crippen LogP contribution in [0.4, 0.5) is 8.78 Å². The molecule has 7 heteroatoms. The van der Waals surface area contributed by atoms with Crippen molar-refractivity contribution in [3.8, 4) is 5.75 Å². The lowest BCUT2D eigenvalue weighted by molar-refractivity contribution is -0.158. The summed E-state index contributed by atoms with van der Waals surface area (Å²) in [6.07, 6.45) is 0.0117. The molecule has 0 aliphatic carbocycles. The fourth-order valence-electron chi connectivity index (χ4n) is 5.38. The van der Waals surface area contributed by atoms with E-state index in [1.165, 1.54) is 22.3 Å². The predicted octanol–water partition coefficient (Wildman–Crippen LogP) is 5.52. The molecule has 0 radical (unpaired) electrons. The highest BCUT2D eigenvalue weighted by Gasteiger charge is 2.24. The molecule has 1 saturated heterocycles. The summed E-state index contributed by atoms with van der Waals surface area (Å²) in [5.41, 5.74) is 7.01. The number of nitrogens with zero attached hydrogens (tertiary/aromatic N) is 2. The fraction of sp³-hybridized carbons (Fsp3) is 0.500. The van der Waals surface area contributed by atoms with E-state index in [1.807, 2.05) is 19.2 Å². The molecule has 5 nitrogen and oxygen atoms in total. The van der Waals surface area contributed by atoms with E-state index in [2.05, 4.69) is 35.4 Å². The Bertz CT molecular complexity index is 1180. The Kier molecular flexibility index (Phi) is 7.50. The molecule has 35 heavy (non-hydrogen) atoms. The Morgan fingerprint density at radius 1 is 1.03 bits per heavy atom. The zero-order valence-corrected chi connectivity index (χ0v) is 21.0. The molecule has 0 bridgehead atoms. The van der Waals surface area contributed by atoms with Gasteiger partial charge >= 0.3 is 6.11 Å². The number of rotatable bonds is 8. The number of aromatic nitrogens is 1. The molecule has 2 N–H and O–H groups in total. The standard InChI is InChI=1S/C28H36F2N2O3/c1-18-5-6-23(16-31-10-7-21(8-11-31)14-26(33)34)20(3)25(18)17-32-12-9-22-15-24(35-28(4,29)30)13-19(2)27(22)32/h5-6,9,12-13,15,21,26,33-34H,7-8,10-11,14,16-17H2,1-4H3. The van der Waals surface area contributed by atoms with E-state index in [-0.39, 0.29) is 5.75 Å². The Hall–Kier alpha value is -2.48. The Balaban J connectivity index is 1.53. The molecule has 0 spiro atoms. The normalized spacial score (nSPS) is 15.9. The summed E-state index contributed by atoms with van der Waals surface area (Å²) >= 11 is 0. The summed E-state index contributed by atoms with van der Waals surface area (Å²) in [6, 6.07) is 9.69. The molecule has 0 unspecified atom stereocenters. The van der Waals surface area contributed by atoms with Crippen molar-refractivity contribution >= 4 is 10.9 Å². The van der Waals surface area contributed by atoms with Crippen molar-refractivity contribution in [2.24, 2.45) is 5.92 Å². The molecular formula is C28H36F2N2O3. The van der Waals surface area contributed by atoms with Gasteiger partial charge in [-0.25, -0.2) is 0 Å². The summed E-state index contributed by atoms with van der Waals surface area (Å²) in [4.78, 5) is 2.45. The van der Waals surface area contributed by atoms with Gasteiger partial charge in [0, 0.05) is 38.0 Å². The van der Waals surface area contributed by atoms with Gasteiger partial charge in [0.1, 0.15) is 5.75 Å². The van der Waals surface area contributed by atoms with Crippen molar-refractivity contribution in [1.82, 2.24) is 9.47 Å². The van der Waals surface area contributed by atoms with Gasteiger partial charge in [-0.2, -0.15) is 8.78 Å². The molecule has 1 fully saturated rings. The topological polar surface area (TPSA) is 57.9 Å². The molecule has 3 aromatic rings. The van der Waals surface area contributed by atoms with Crippen LogP contribution in [0.2, 0.25) is 0 Å². The Morgan fingerprint density at radius 3 is 2.40 bits per heavy atom. The predicted molar refractivity (Wildman–Crippen MR) is 134 cm³/mol. The highest BCUT2D eigenvalue weighted by molar-refractivity contribution is 5.85. The number of aryl methyl sites for hydroxylation is 2. The van der Waals surface area contributed by atoms with Crippen LogP contribution >= 0.6 is 0 Å². The monoisotopic (exact) mass is 486 g/mol. The molecule has 4 rings (SSSR count). The van der Waals surface area contributed by atoms with Crippen molar-refractivity contribution in [3.63, 3.8) is 0 Å². The van der Waals surface area contributed by atoms with E-state index in [0.29, 0.717) is 18.9 Å². The zero-order chi connectivity index (χ0) is 25.3.